The molecule has 0 atom stereocenters. The van der Waals surface area contributed by atoms with Crippen LogP contribution in [0, 0.1) is 5.41 Å². The maximum Gasteiger partial charge on any atom is -0.0274 e. The Kier molecular flexibility index (Phi) is 3.74. The first-order valence-corrected chi connectivity index (χ1v) is 5.59. The van der Waals surface area contributed by atoms with Crippen LogP contribution in [0.2, 0.25) is 0 Å². The van der Waals surface area contributed by atoms with E-state index in [9.17, 15) is 0 Å². The van der Waals surface area contributed by atoms with Crippen molar-refractivity contribution in [2.24, 2.45) is 5.41 Å². The lowest BCUT2D eigenvalue weighted by Crippen LogP contribution is -2.06. The van der Waals surface area contributed by atoms with Gasteiger partial charge in [-0.05, 0) is 35.8 Å². The SMILES string of the molecule is CCc1cccc(CCC(C)(C)C)c1. The molecular weight excluding hydrogens is 168 g/mol. The second-order valence-corrected chi connectivity index (χ2v) is 5.23. The fraction of sp³-hybridized carbons (Fsp3) is 0.571. The molecule has 0 fully saturated rings. The van der Waals surface area contributed by atoms with Gasteiger partial charge >= 0.3 is 0 Å². The van der Waals surface area contributed by atoms with Gasteiger partial charge in [-0.3, -0.25) is 0 Å². The molecule has 0 saturated carbocycles. The smallest absolute Gasteiger partial charge is 0.0274 e. The van der Waals surface area contributed by atoms with E-state index in [1.807, 2.05) is 0 Å². The number of hydrogen-bond donors (Lipinski definition) is 0. The molecule has 0 heterocycles. The van der Waals surface area contributed by atoms with Crippen molar-refractivity contribution in [3.05, 3.63) is 35.4 Å². The monoisotopic (exact) mass is 190 g/mol. The van der Waals surface area contributed by atoms with Crippen molar-refractivity contribution in [3.63, 3.8) is 0 Å². The molecule has 0 N–H and O–H groups in total. The Labute approximate surface area is 88.4 Å². The Hall–Kier alpha value is -0.780. The van der Waals surface area contributed by atoms with Crippen molar-refractivity contribution in [1.82, 2.24) is 0 Å². The van der Waals surface area contributed by atoms with E-state index < -0.39 is 0 Å². The highest BCUT2D eigenvalue weighted by Crippen LogP contribution is 2.21. The molecule has 1 aromatic carbocycles. The van der Waals surface area contributed by atoms with Gasteiger partial charge in [0, 0.05) is 0 Å². The first-order valence-electron chi connectivity index (χ1n) is 5.59. The van der Waals surface area contributed by atoms with E-state index >= 15 is 0 Å². The minimum Gasteiger partial charge on any atom is -0.0617 e. The summed E-state index contributed by atoms with van der Waals surface area (Å²) in [6.07, 6.45) is 3.61. The van der Waals surface area contributed by atoms with Gasteiger partial charge in [0.15, 0.2) is 0 Å². The highest BCUT2D eigenvalue weighted by atomic mass is 14.1. The molecule has 0 aliphatic carbocycles. The van der Waals surface area contributed by atoms with Crippen molar-refractivity contribution < 1.29 is 0 Å². The van der Waals surface area contributed by atoms with Gasteiger partial charge in [0.25, 0.3) is 0 Å². The number of benzene rings is 1. The third-order valence-corrected chi connectivity index (χ3v) is 2.56. The molecule has 0 radical (unpaired) electrons. The molecule has 0 amide bonds. The Balaban J connectivity index is 2.59. The fourth-order valence-corrected chi connectivity index (χ4v) is 1.52. The second kappa shape index (κ2) is 4.63. The van der Waals surface area contributed by atoms with Crippen LogP contribution in [0.25, 0.3) is 0 Å². The van der Waals surface area contributed by atoms with Gasteiger partial charge in [-0.15, -0.1) is 0 Å². The van der Waals surface area contributed by atoms with Crippen molar-refractivity contribution in [1.29, 1.82) is 0 Å². The molecule has 1 aromatic rings. The third-order valence-electron chi connectivity index (χ3n) is 2.56. The molecule has 0 heteroatoms. The normalized spacial score (nSPS) is 11.7. The molecule has 14 heavy (non-hydrogen) atoms. The van der Waals surface area contributed by atoms with Crippen molar-refractivity contribution in [2.45, 2.75) is 47.0 Å². The molecule has 0 nitrogen and oxygen atoms in total. The first kappa shape index (κ1) is 11.3. The predicted octanol–water partition coefficient (Wildman–Crippen LogP) is 4.23. The van der Waals surface area contributed by atoms with Crippen LogP contribution in [0.3, 0.4) is 0 Å². The Morgan fingerprint density at radius 3 is 2.29 bits per heavy atom. The maximum absolute atomic E-state index is 2.34. The number of rotatable bonds is 3. The summed E-state index contributed by atoms with van der Waals surface area (Å²) in [5.74, 6) is 0. The van der Waals surface area contributed by atoms with Crippen LogP contribution in [-0.2, 0) is 12.8 Å². The van der Waals surface area contributed by atoms with Gasteiger partial charge in [0.05, 0.1) is 0 Å². The van der Waals surface area contributed by atoms with Gasteiger partial charge in [0.2, 0.25) is 0 Å². The lowest BCUT2D eigenvalue weighted by Gasteiger charge is -2.17. The molecule has 0 unspecified atom stereocenters. The zero-order valence-electron chi connectivity index (χ0n) is 9.93. The summed E-state index contributed by atoms with van der Waals surface area (Å²) in [6, 6.07) is 8.97. The molecule has 0 aromatic heterocycles. The Morgan fingerprint density at radius 2 is 1.71 bits per heavy atom. The highest BCUT2D eigenvalue weighted by molar-refractivity contribution is 5.23. The number of aryl methyl sites for hydroxylation is 2. The predicted molar refractivity (Wildman–Crippen MR) is 63.6 cm³/mol. The summed E-state index contributed by atoms with van der Waals surface area (Å²) in [6.45, 7) is 9.12. The molecule has 0 aliphatic rings. The van der Waals surface area contributed by atoms with Gasteiger partial charge in [-0.1, -0.05) is 52.0 Å². The lowest BCUT2D eigenvalue weighted by atomic mass is 9.88. The van der Waals surface area contributed by atoms with E-state index in [-0.39, 0.29) is 0 Å². The first-order chi connectivity index (χ1) is 6.51. The van der Waals surface area contributed by atoms with Crippen LogP contribution in [0.1, 0.15) is 45.2 Å². The Morgan fingerprint density at radius 1 is 1.07 bits per heavy atom. The second-order valence-electron chi connectivity index (χ2n) is 5.23. The molecule has 78 valence electrons. The van der Waals surface area contributed by atoms with E-state index in [4.69, 9.17) is 0 Å². The van der Waals surface area contributed by atoms with Gasteiger partial charge in [0.1, 0.15) is 0 Å². The Bertz CT molecular complexity index is 278. The molecule has 0 aliphatic heterocycles. The molecular formula is C14H22. The average Bonchev–Trinajstić information content (AvgIpc) is 2.14. The summed E-state index contributed by atoms with van der Waals surface area (Å²) in [7, 11) is 0. The third kappa shape index (κ3) is 3.95. The molecule has 0 bridgehead atoms. The summed E-state index contributed by atoms with van der Waals surface area (Å²) < 4.78 is 0. The van der Waals surface area contributed by atoms with Crippen LogP contribution >= 0.6 is 0 Å². The standard InChI is InChI=1S/C14H22/c1-5-12-7-6-8-13(11-12)9-10-14(2,3)4/h6-8,11H,5,9-10H2,1-4H3. The minimum atomic E-state index is 0.447. The van der Waals surface area contributed by atoms with Crippen molar-refractivity contribution in [3.8, 4) is 0 Å². The van der Waals surface area contributed by atoms with E-state index in [0.717, 1.165) is 6.42 Å². The van der Waals surface area contributed by atoms with Gasteiger partial charge in [-0.25, -0.2) is 0 Å². The van der Waals surface area contributed by atoms with Crippen LogP contribution in [0.4, 0.5) is 0 Å². The van der Waals surface area contributed by atoms with E-state index in [0.29, 0.717) is 5.41 Å². The van der Waals surface area contributed by atoms with E-state index in [1.54, 1.807) is 0 Å². The average molecular weight is 190 g/mol. The van der Waals surface area contributed by atoms with Crippen LogP contribution in [0.5, 0.6) is 0 Å². The quantitative estimate of drug-likeness (QED) is 0.669. The zero-order chi connectivity index (χ0) is 10.6. The summed E-state index contributed by atoms with van der Waals surface area (Å²) in [5, 5.41) is 0. The molecule has 1 rings (SSSR count). The maximum atomic E-state index is 2.34. The summed E-state index contributed by atoms with van der Waals surface area (Å²) in [4.78, 5) is 0. The number of hydrogen-bond acceptors (Lipinski definition) is 0. The lowest BCUT2D eigenvalue weighted by molar-refractivity contribution is 0.378. The topological polar surface area (TPSA) is 0 Å². The van der Waals surface area contributed by atoms with Crippen LogP contribution < -0.4 is 0 Å². The largest absolute Gasteiger partial charge is 0.0617 e. The van der Waals surface area contributed by atoms with Crippen molar-refractivity contribution in [2.75, 3.05) is 0 Å². The molecule has 0 saturated heterocycles. The van der Waals surface area contributed by atoms with E-state index in [1.165, 1.54) is 24.0 Å². The van der Waals surface area contributed by atoms with Crippen molar-refractivity contribution >= 4 is 0 Å². The van der Waals surface area contributed by atoms with E-state index in [2.05, 4.69) is 52.0 Å². The van der Waals surface area contributed by atoms with Crippen LogP contribution in [0.15, 0.2) is 24.3 Å². The summed E-state index contributed by atoms with van der Waals surface area (Å²) >= 11 is 0. The molecule has 0 spiro atoms. The summed E-state index contributed by atoms with van der Waals surface area (Å²) in [5.41, 5.74) is 3.39. The van der Waals surface area contributed by atoms with Crippen LogP contribution in [-0.4, -0.2) is 0 Å². The zero-order valence-corrected chi connectivity index (χ0v) is 9.93. The minimum absolute atomic E-state index is 0.447. The highest BCUT2D eigenvalue weighted by Gasteiger charge is 2.09. The van der Waals surface area contributed by atoms with Gasteiger partial charge < -0.3 is 0 Å². The fourth-order valence-electron chi connectivity index (χ4n) is 1.52. The van der Waals surface area contributed by atoms with Gasteiger partial charge in [-0.2, -0.15) is 0 Å².